The number of carbonyl (C=O) groups is 2. The fourth-order valence-electron chi connectivity index (χ4n) is 4.90. The Balaban J connectivity index is 1.68. The zero-order chi connectivity index (χ0) is 28.0. The number of rotatable bonds is 12. The molecule has 0 aromatic carbocycles. The van der Waals surface area contributed by atoms with Gasteiger partial charge in [-0.1, -0.05) is 19.1 Å². The molecule has 1 saturated heterocycles. The molecule has 6 N–H and O–H groups in total. The van der Waals surface area contributed by atoms with Crippen molar-refractivity contribution in [1.29, 1.82) is 0 Å². The lowest BCUT2D eigenvalue weighted by molar-refractivity contribution is -0.339. The molecular weight excluding hydrogens is 504 g/mol. The van der Waals surface area contributed by atoms with E-state index in [0.717, 1.165) is 12.7 Å². The van der Waals surface area contributed by atoms with Gasteiger partial charge in [0.1, 0.15) is 31.0 Å². The normalized spacial score (nSPS) is 34.0. The fraction of sp³-hybridized carbons (Fsp3) is 0.692. The average Bonchev–Trinajstić information content (AvgIpc) is 3.31. The van der Waals surface area contributed by atoms with E-state index in [1.54, 1.807) is 19.1 Å². The molecule has 3 aliphatic rings. The average molecular weight is 543 g/mol. The number of hydrogen-bond acceptors (Lipinski definition) is 11. The van der Waals surface area contributed by atoms with E-state index in [1.807, 2.05) is 6.92 Å². The second-order valence-electron chi connectivity index (χ2n) is 10.0. The van der Waals surface area contributed by atoms with Crippen molar-refractivity contribution in [1.82, 2.24) is 0 Å². The first kappa shape index (κ1) is 30.2. The van der Waals surface area contributed by atoms with Crippen LogP contribution in [0.1, 0.15) is 39.5 Å². The SMILES string of the molecule is C/C(=C\CC[C@@H](C)CCO)C(=O)OCC1=CC[C@H]2C(C(=O)O)=CO[C@H](O[C@@H]3O[C@H](CO)[C@@H](O)[C@H](O)[C@H]3O)[C@@H]12. The molecule has 1 aliphatic carbocycles. The van der Waals surface area contributed by atoms with Gasteiger partial charge in [-0.2, -0.15) is 0 Å². The summed E-state index contributed by atoms with van der Waals surface area (Å²) in [7, 11) is 0. The third kappa shape index (κ3) is 7.00. The molecular formula is C26H38O12. The van der Waals surface area contributed by atoms with Gasteiger partial charge in [0.2, 0.25) is 6.29 Å². The summed E-state index contributed by atoms with van der Waals surface area (Å²) in [6.45, 7) is 3.00. The summed E-state index contributed by atoms with van der Waals surface area (Å²) < 4.78 is 22.2. The first-order valence-corrected chi connectivity index (χ1v) is 12.8. The molecule has 0 aromatic heterocycles. The molecule has 0 radical (unpaired) electrons. The second-order valence-corrected chi connectivity index (χ2v) is 10.0. The monoisotopic (exact) mass is 542 g/mol. The van der Waals surface area contributed by atoms with E-state index < -0.39 is 67.4 Å². The van der Waals surface area contributed by atoms with E-state index >= 15 is 0 Å². The summed E-state index contributed by atoms with van der Waals surface area (Å²) in [4.78, 5) is 24.3. The van der Waals surface area contributed by atoms with Gasteiger partial charge < -0.3 is 49.6 Å². The van der Waals surface area contributed by atoms with Crippen LogP contribution in [-0.4, -0.2) is 99.4 Å². The predicted octanol–water partition coefficient (Wildman–Crippen LogP) is -0.0216. The van der Waals surface area contributed by atoms with E-state index in [1.165, 1.54) is 0 Å². The maximum atomic E-state index is 12.6. The molecule has 38 heavy (non-hydrogen) atoms. The number of aliphatic carboxylic acids is 1. The van der Waals surface area contributed by atoms with Crippen LogP contribution in [0.4, 0.5) is 0 Å². The van der Waals surface area contributed by atoms with Gasteiger partial charge in [-0.25, -0.2) is 9.59 Å². The molecule has 1 fully saturated rings. The molecule has 0 saturated carbocycles. The molecule has 0 spiro atoms. The second kappa shape index (κ2) is 13.7. The number of ether oxygens (including phenoxy) is 4. The van der Waals surface area contributed by atoms with E-state index in [2.05, 4.69) is 0 Å². The van der Waals surface area contributed by atoms with Crippen molar-refractivity contribution in [2.45, 2.75) is 76.5 Å². The highest BCUT2D eigenvalue weighted by Crippen LogP contribution is 2.44. The number of allylic oxidation sites excluding steroid dienone is 2. The minimum absolute atomic E-state index is 0.00862. The van der Waals surface area contributed by atoms with Crippen LogP contribution in [0, 0.1) is 17.8 Å². The van der Waals surface area contributed by atoms with Crippen LogP contribution in [0.15, 0.2) is 35.1 Å². The summed E-state index contributed by atoms with van der Waals surface area (Å²) in [5, 5.41) is 58.5. The highest BCUT2D eigenvalue weighted by molar-refractivity contribution is 5.88. The summed E-state index contributed by atoms with van der Waals surface area (Å²) in [6, 6.07) is 0. The number of aliphatic hydroxyl groups is 5. The smallest absolute Gasteiger partial charge is 0.335 e. The molecule has 0 unspecified atom stereocenters. The lowest BCUT2D eigenvalue weighted by Crippen LogP contribution is -2.60. The number of carboxylic acid groups (broad SMARTS) is 1. The molecule has 2 aliphatic heterocycles. The molecule has 12 heteroatoms. The van der Waals surface area contributed by atoms with Gasteiger partial charge in [0.05, 0.1) is 24.4 Å². The van der Waals surface area contributed by atoms with Crippen LogP contribution in [-0.2, 0) is 28.5 Å². The molecule has 9 atom stereocenters. The van der Waals surface area contributed by atoms with Crippen LogP contribution in [0.25, 0.3) is 0 Å². The predicted molar refractivity (Wildman–Crippen MR) is 130 cm³/mol. The Morgan fingerprint density at radius 2 is 1.87 bits per heavy atom. The lowest BCUT2D eigenvalue weighted by atomic mass is 9.83. The van der Waals surface area contributed by atoms with Crippen LogP contribution in [0.2, 0.25) is 0 Å². The molecule has 214 valence electrons. The van der Waals surface area contributed by atoms with E-state index in [4.69, 9.17) is 24.1 Å². The number of aliphatic hydroxyl groups excluding tert-OH is 5. The molecule has 0 aromatic rings. The Morgan fingerprint density at radius 3 is 2.53 bits per heavy atom. The van der Waals surface area contributed by atoms with Crippen LogP contribution in [0.3, 0.4) is 0 Å². The molecule has 12 nitrogen and oxygen atoms in total. The Bertz CT molecular complexity index is 925. The van der Waals surface area contributed by atoms with Crippen LogP contribution in [0.5, 0.6) is 0 Å². The van der Waals surface area contributed by atoms with Crippen LogP contribution < -0.4 is 0 Å². The van der Waals surface area contributed by atoms with E-state index in [0.29, 0.717) is 36.3 Å². The lowest BCUT2D eigenvalue weighted by Gasteiger charge is -2.42. The van der Waals surface area contributed by atoms with Crippen molar-refractivity contribution >= 4 is 11.9 Å². The van der Waals surface area contributed by atoms with Crippen molar-refractivity contribution in [3.8, 4) is 0 Å². The summed E-state index contributed by atoms with van der Waals surface area (Å²) >= 11 is 0. The number of fused-ring (bicyclic) bond motifs is 1. The minimum Gasteiger partial charge on any atom is -0.478 e. The quantitative estimate of drug-likeness (QED) is 0.110. The first-order chi connectivity index (χ1) is 18.1. The summed E-state index contributed by atoms with van der Waals surface area (Å²) in [5.74, 6) is -2.64. The minimum atomic E-state index is -1.67. The zero-order valence-electron chi connectivity index (χ0n) is 21.5. The largest absolute Gasteiger partial charge is 0.478 e. The van der Waals surface area contributed by atoms with Gasteiger partial charge in [-0.05, 0) is 44.1 Å². The molecule has 3 rings (SSSR count). The molecule has 0 bridgehead atoms. The van der Waals surface area contributed by atoms with Crippen molar-refractivity contribution in [2.24, 2.45) is 17.8 Å². The maximum Gasteiger partial charge on any atom is 0.335 e. The number of carboxylic acids is 1. The van der Waals surface area contributed by atoms with E-state index in [9.17, 15) is 35.1 Å². The van der Waals surface area contributed by atoms with Gasteiger partial charge in [0.25, 0.3) is 0 Å². The zero-order valence-corrected chi connectivity index (χ0v) is 21.5. The molecule has 0 amide bonds. The Labute approximate surface area is 220 Å². The van der Waals surface area contributed by atoms with Crippen LogP contribution >= 0.6 is 0 Å². The van der Waals surface area contributed by atoms with Gasteiger partial charge in [-0.3, -0.25) is 0 Å². The maximum absolute atomic E-state index is 12.6. The van der Waals surface area contributed by atoms with Gasteiger partial charge in [0, 0.05) is 18.1 Å². The van der Waals surface area contributed by atoms with Gasteiger partial charge >= 0.3 is 11.9 Å². The van der Waals surface area contributed by atoms with Gasteiger partial charge in [0.15, 0.2) is 6.29 Å². The third-order valence-electron chi connectivity index (χ3n) is 7.30. The number of esters is 1. The Morgan fingerprint density at radius 1 is 1.13 bits per heavy atom. The number of hydrogen-bond donors (Lipinski definition) is 6. The summed E-state index contributed by atoms with van der Waals surface area (Å²) in [6.07, 6.45) is -1.64. The topological polar surface area (TPSA) is 192 Å². The highest BCUT2D eigenvalue weighted by Gasteiger charge is 2.49. The van der Waals surface area contributed by atoms with Gasteiger partial charge in [-0.15, -0.1) is 0 Å². The van der Waals surface area contributed by atoms with Crippen molar-refractivity contribution in [2.75, 3.05) is 19.8 Å². The third-order valence-corrected chi connectivity index (χ3v) is 7.30. The standard InChI is InChI=1S/C26H38O12/c1-13(8-9-27)4-3-5-14(2)24(34)35-11-15-6-7-16-17(23(32)33)12-36-25(19(15)16)38-26-22(31)21(30)20(29)18(10-28)37-26/h5-6,12-13,16,18-22,25-31H,3-4,7-11H2,1-2H3,(H,32,33)/b14-5+/t13-,16+,18-,19+,20-,21+,22-,25-,26+/m1/s1. The first-order valence-electron chi connectivity index (χ1n) is 12.8. The Kier molecular flexibility index (Phi) is 10.9. The highest BCUT2D eigenvalue weighted by atomic mass is 16.8. The van der Waals surface area contributed by atoms with Crippen molar-refractivity contribution in [3.63, 3.8) is 0 Å². The number of carbonyl (C=O) groups excluding carboxylic acids is 1. The summed E-state index contributed by atoms with van der Waals surface area (Å²) in [5.41, 5.74) is 1.000. The molecule has 2 heterocycles. The Hall–Kier alpha value is -2.32. The fourth-order valence-corrected chi connectivity index (χ4v) is 4.90. The van der Waals surface area contributed by atoms with E-state index in [-0.39, 0.29) is 18.8 Å². The van der Waals surface area contributed by atoms with Crippen molar-refractivity contribution < 1.29 is 59.2 Å². The van der Waals surface area contributed by atoms with Crippen molar-refractivity contribution in [3.05, 3.63) is 35.1 Å².